The van der Waals surface area contributed by atoms with Gasteiger partial charge in [0.2, 0.25) is 0 Å². The molecule has 0 unspecified atom stereocenters. The van der Waals surface area contributed by atoms with Crippen molar-refractivity contribution < 1.29 is 4.79 Å². The maximum atomic E-state index is 13.0. The molecule has 28 heavy (non-hydrogen) atoms. The first kappa shape index (κ1) is 17.6. The van der Waals surface area contributed by atoms with Crippen LogP contribution in [-0.4, -0.2) is 43.6 Å². The highest BCUT2D eigenvalue weighted by Gasteiger charge is 2.35. The molecule has 0 radical (unpaired) electrons. The van der Waals surface area contributed by atoms with Gasteiger partial charge in [-0.15, -0.1) is 11.3 Å². The third-order valence-electron chi connectivity index (χ3n) is 5.54. The molecule has 2 aliphatic rings. The van der Waals surface area contributed by atoms with E-state index < -0.39 is 0 Å². The molecule has 5 rings (SSSR count). The average molecular weight is 394 g/mol. The van der Waals surface area contributed by atoms with Crippen molar-refractivity contribution in [1.29, 1.82) is 0 Å². The second-order valence-corrected chi connectivity index (χ2v) is 9.16. The lowest BCUT2D eigenvalue weighted by atomic mass is 10.1. The molecule has 144 valence electrons. The highest BCUT2D eigenvalue weighted by Crippen LogP contribution is 2.42. The van der Waals surface area contributed by atoms with Crippen LogP contribution in [-0.2, 0) is 0 Å². The summed E-state index contributed by atoms with van der Waals surface area (Å²) in [6.45, 7) is 5.91. The van der Waals surface area contributed by atoms with Crippen molar-refractivity contribution in [2.75, 3.05) is 13.1 Å². The van der Waals surface area contributed by atoms with Crippen LogP contribution >= 0.6 is 11.3 Å². The van der Waals surface area contributed by atoms with Gasteiger partial charge in [0.05, 0.1) is 23.1 Å². The molecule has 3 aromatic rings. The number of aryl methyl sites for hydroxylation is 2. The van der Waals surface area contributed by atoms with E-state index in [1.54, 1.807) is 28.4 Å². The van der Waals surface area contributed by atoms with E-state index in [-0.39, 0.29) is 5.91 Å². The number of aromatic nitrogens is 4. The Balaban J connectivity index is 1.56. The predicted octanol–water partition coefficient (Wildman–Crippen LogP) is 4.12. The number of nitrogens with zero attached hydrogens (tertiary/aromatic N) is 5. The lowest BCUT2D eigenvalue weighted by molar-refractivity contribution is 0.0791. The van der Waals surface area contributed by atoms with E-state index in [4.69, 9.17) is 4.98 Å². The predicted molar refractivity (Wildman–Crippen MR) is 109 cm³/mol. The summed E-state index contributed by atoms with van der Waals surface area (Å²) in [5.74, 6) is 1.02. The van der Waals surface area contributed by atoms with Gasteiger partial charge in [0.15, 0.2) is 0 Å². The minimum absolute atomic E-state index is 0.103. The zero-order chi connectivity index (χ0) is 19.3. The van der Waals surface area contributed by atoms with E-state index in [0.29, 0.717) is 11.9 Å². The highest BCUT2D eigenvalue weighted by molar-refractivity contribution is 7.12. The van der Waals surface area contributed by atoms with E-state index in [2.05, 4.69) is 30.0 Å². The van der Waals surface area contributed by atoms with Gasteiger partial charge >= 0.3 is 0 Å². The third-order valence-corrected chi connectivity index (χ3v) is 6.51. The Morgan fingerprint density at radius 3 is 2.68 bits per heavy atom. The molecule has 0 bridgehead atoms. The van der Waals surface area contributed by atoms with Crippen LogP contribution in [0.25, 0.3) is 17.2 Å². The number of carbonyl (C=O) groups excluding carboxylic acids is 1. The molecule has 1 aliphatic carbocycles. The molecule has 0 N–H and O–H groups in total. The summed E-state index contributed by atoms with van der Waals surface area (Å²) in [6, 6.07) is 4.11. The Morgan fingerprint density at radius 2 is 2.00 bits per heavy atom. The number of amides is 1. The monoisotopic (exact) mass is 393 g/mol. The summed E-state index contributed by atoms with van der Waals surface area (Å²) >= 11 is 1.77. The minimum Gasteiger partial charge on any atom is -0.339 e. The van der Waals surface area contributed by atoms with Gasteiger partial charge in [-0.05, 0) is 51.7 Å². The fourth-order valence-electron chi connectivity index (χ4n) is 4.01. The van der Waals surface area contributed by atoms with Crippen LogP contribution < -0.4 is 0 Å². The molecule has 1 aliphatic heterocycles. The second kappa shape index (κ2) is 6.81. The van der Waals surface area contributed by atoms with Crippen LogP contribution in [0.5, 0.6) is 0 Å². The van der Waals surface area contributed by atoms with Crippen molar-refractivity contribution in [1.82, 2.24) is 24.6 Å². The Labute approximate surface area is 168 Å². The molecular formula is C21H23N5OS. The number of hydrogen-bond acceptors (Lipinski definition) is 5. The standard InChI is InChI=1S/C21H23N5OS/c1-13-11-16(14(2)28-13)18-7-8-22-21(24-18)26-19(15-5-6-15)17(12-23-26)20(27)25-9-3-4-10-25/h7-8,11-12,15H,3-6,9-10H2,1-2H3. The zero-order valence-corrected chi connectivity index (χ0v) is 17.0. The number of rotatable bonds is 4. The first-order valence-corrected chi connectivity index (χ1v) is 10.7. The molecule has 1 saturated carbocycles. The topological polar surface area (TPSA) is 63.9 Å². The summed E-state index contributed by atoms with van der Waals surface area (Å²) in [5.41, 5.74) is 3.74. The van der Waals surface area contributed by atoms with E-state index in [9.17, 15) is 4.79 Å². The van der Waals surface area contributed by atoms with Crippen molar-refractivity contribution >= 4 is 17.2 Å². The summed E-state index contributed by atoms with van der Waals surface area (Å²) in [7, 11) is 0. The quantitative estimate of drug-likeness (QED) is 0.669. The van der Waals surface area contributed by atoms with E-state index in [0.717, 1.165) is 61.3 Å². The van der Waals surface area contributed by atoms with E-state index in [1.807, 2.05) is 11.0 Å². The minimum atomic E-state index is 0.103. The van der Waals surface area contributed by atoms with Crippen molar-refractivity contribution in [3.8, 4) is 17.2 Å². The highest BCUT2D eigenvalue weighted by atomic mass is 32.1. The van der Waals surface area contributed by atoms with Crippen LogP contribution in [0.15, 0.2) is 24.5 Å². The zero-order valence-electron chi connectivity index (χ0n) is 16.2. The van der Waals surface area contributed by atoms with Gasteiger partial charge in [-0.3, -0.25) is 4.79 Å². The first-order valence-electron chi connectivity index (χ1n) is 9.90. The van der Waals surface area contributed by atoms with Crippen molar-refractivity contribution in [3.05, 3.63) is 45.5 Å². The number of thiophene rings is 1. The Bertz CT molecular complexity index is 1040. The molecule has 7 heteroatoms. The summed E-state index contributed by atoms with van der Waals surface area (Å²) in [6.07, 6.45) is 7.85. The normalized spacial score (nSPS) is 16.7. The second-order valence-electron chi connectivity index (χ2n) is 7.70. The molecule has 0 aromatic carbocycles. The molecule has 6 nitrogen and oxygen atoms in total. The van der Waals surface area contributed by atoms with Crippen LogP contribution in [0.2, 0.25) is 0 Å². The van der Waals surface area contributed by atoms with Crippen LogP contribution in [0, 0.1) is 13.8 Å². The molecule has 3 aromatic heterocycles. The van der Waals surface area contributed by atoms with Crippen LogP contribution in [0.4, 0.5) is 0 Å². The number of hydrogen-bond donors (Lipinski definition) is 0. The molecule has 1 amide bonds. The van der Waals surface area contributed by atoms with Crippen LogP contribution in [0.3, 0.4) is 0 Å². The molecular weight excluding hydrogens is 370 g/mol. The largest absolute Gasteiger partial charge is 0.339 e. The third kappa shape index (κ3) is 3.03. The van der Waals surface area contributed by atoms with Gasteiger partial charge in [0.25, 0.3) is 11.9 Å². The fourth-order valence-corrected chi connectivity index (χ4v) is 4.94. The number of likely N-dealkylation sites (tertiary alicyclic amines) is 1. The van der Waals surface area contributed by atoms with Gasteiger partial charge in [0.1, 0.15) is 0 Å². The van der Waals surface area contributed by atoms with E-state index >= 15 is 0 Å². The van der Waals surface area contributed by atoms with Crippen molar-refractivity contribution in [2.24, 2.45) is 0 Å². The Hall–Kier alpha value is -2.54. The Morgan fingerprint density at radius 1 is 1.21 bits per heavy atom. The summed E-state index contributed by atoms with van der Waals surface area (Å²) in [5, 5.41) is 4.55. The Kier molecular flexibility index (Phi) is 4.27. The van der Waals surface area contributed by atoms with Gasteiger partial charge in [-0.2, -0.15) is 5.10 Å². The maximum absolute atomic E-state index is 13.0. The maximum Gasteiger partial charge on any atom is 0.257 e. The summed E-state index contributed by atoms with van der Waals surface area (Å²) in [4.78, 5) is 26.8. The smallest absolute Gasteiger partial charge is 0.257 e. The number of carbonyl (C=O) groups is 1. The average Bonchev–Trinajstić information content (AvgIpc) is 3.10. The lowest BCUT2D eigenvalue weighted by Gasteiger charge is -2.15. The molecule has 4 heterocycles. The van der Waals surface area contributed by atoms with E-state index in [1.165, 1.54) is 9.75 Å². The lowest BCUT2D eigenvalue weighted by Crippen LogP contribution is -2.28. The van der Waals surface area contributed by atoms with Crippen LogP contribution in [0.1, 0.15) is 57.4 Å². The molecule has 0 atom stereocenters. The van der Waals surface area contributed by atoms with Gasteiger partial charge < -0.3 is 4.90 Å². The van der Waals surface area contributed by atoms with Gasteiger partial charge in [0, 0.05) is 40.5 Å². The molecule has 2 fully saturated rings. The SMILES string of the molecule is Cc1cc(-c2ccnc(-n3ncc(C(=O)N4CCCC4)c3C3CC3)n2)c(C)s1. The van der Waals surface area contributed by atoms with Crippen molar-refractivity contribution in [3.63, 3.8) is 0 Å². The molecule has 1 saturated heterocycles. The van der Waals surface area contributed by atoms with Crippen molar-refractivity contribution in [2.45, 2.75) is 45.4 Å². The summed E-state index contributed by atoms with van der Waals surface area (Å²) < 4.78 is 1.79. The molecule has 0 spiro atoms. The van der Waals surface area contributed by atoms with Gasteiger partial charge in [-0.1, -0.05) is 0 Å². The van der Waals surface area contributed by atoms with Gasteiger partial charge in [-0.25, -0.2) is 14.6 Å². The first-order chi connectivity index (χ1) is 13.6. The fraction of sp³-hybridized carbons (Fsp3) is 0.429.